The Morgan fingerprint density at radius 1 is 1.00 bits per heavy atom. The molecule has 0 radical (unpaired) electrons. The number of amides is 1. The summed E-state index contributed by atoms with van der Waals surface area (Å²) in [5.41, 5.74) is 4.56. The summed E-state index contributed by atoms with van der Waals surface area (Å²) in [5.74, 6) is 1.33. The molecule has 0 N–H and O–H groups in total. The molecule has 1 saturated heterocycles. The van der Waals surface area contributed by atoms with E-state index in [1.54, 1.807) is 18.2 Å². The summed E-state index contributed by atoms with van der Waals surface area (Å²) in [6, 6.07) is 17.3. The topological polar surface area (TPSA) is 53.8 Å². The number of rotatable bonds is 6. The summed E-state index contributed by atoms with van der Waals surface area (Å²) in [6.45, 7) is 7.06. The van der Waals surface area contributed by atoms with E-state index < -0.39 is 10.8 Å². The van der Waals surface area contributed by atoms with Crippen molar-refractivity contribution in [1.29, 1.82) is 0 Å². The Hall–Kier alpha value is -2.57. The first-order valence-electron chi connectivity index (χ1n) is 10.7. The van der Waals surface area contributed by atoms with Gasteiger partial charge in [0, 0.05) is 47.7 Å². The summed E-state index contributed by atoms with van der Waals surface area (Å²) < 4.78 is 18.3. The zero-order chi connectivity index (χ0) is 22.7. The van der Waals surface area contributed by atoms with Crippen molar-refractivity contribution in [2.24, 2.45) is 0 Å². The lowest BCUT2D eigenvalue weighted by Crippen LogP contribution is -2.49. The van der Waals surface area contributed by atoms with Crippen LogP contribution in [0.5, 0.6) is 0 Å². The molecular weight excluding hydrogens is 444 g/mol. The molecule has 1 amide bonds. The number of nitrogens with zero attached hydrogens (tertiary/aromatic N) is 2. The third-order valence-corrected chi connectivity index (χ3v) is 7.33. The van der Waals surface area contributed by atoms with E-state index in [1.165, 1.54) is 16.8 Å². The van der Waals surface area contributed by atoms with Crippen molar-refractivity contribution < 1.29 is 13.4 Å². The van der Waals surface area contributed by atoms with Crippen LogP contribution in [-0.2, 0) is 22.3 Å². The van der Waals surface area contributed by atoms with Gasteiger partial charge < -0.3 is 14.2 Å². The van der Waals surface area contributed by atoms with E-state index in [4.69, 9.17) is 16.0 Å². The summed E-state index contributed by atoms with van der Waals surface area (Å²) in [4.78, 5) is 17.1. The quantitative estimate of drug-likeness (QED) is 0.511. The average molecular weight is 471 g/mol. The highest BCUT2D eigenvalue weighted by molar-refractivity contribution is 7.83. The summed E-state index contributed by atoms with van der Waals surface area (Å²) in [5, 5.41) is 0.608. The molecule has 3 aromatic rings. The molecule has 0 bridgehead atoms. The van der Waals surface area contributed by atoms with Gasteiger partial charge in [-0.3, -0.25) is 9.00 Å². The molecule has 2 heterocycles. The fraction of sp³-hybridized carbons (Fsp3) is 0.320. The molecule has 1 aliphatic heterocycles. The highest BCUT2D eigenvalue weighted by atomic mass is 35.5. The van der Waals surface area contributed by atoms with Crippen molar-refractivity contribution in [1.82, 2.24) is 4.90 Å². The van der Waals surface area contributed by atoms with Crippen LogP contribution in [-0.4, -0.2) is 41.2 Å². The van der Waals surface area contributed by atoms with Gasteiger partial charge in [-0.25, -0.2) is 0 Å². The molecule has 0 aliphatic carbocycles. The fourth-order valence-corrected chi connectivity index (χ4v) is 5.39. The van der Waals surface area contributed by atoms with Gasteiger partial charge in [-0.1, -0.05) is 41.9 Å². The van der Waals surface area contributed by atoms with Gasteiger partial charge in [-0.05, 0) is 54.8 Å². The smallest absolute Gasteiger partial charge is 0.289 e. The van der Waals surface area contributed by atoms with Gasteiger partial charge in [0.1, 0.15) is 5.76 Å². The van der Waals surface area contributed by atoms with Gasteiger partial charge in [0.2, 0.25) is 0 Å². The third kappa shape index (κ3) is 5.25. The van der Waals surface area contributed by atoms with Gasteiger partial charge in [0.05, 0.1) is 11.5 Å². The van der Waals surface area contributed by atoms with Crippen LogP contribution in [0.2, 0.25) is 5.02 Å². The molecule has 1 aromatic heterocycles. The zero-order valence-electron chi connectivity index (χ0n) is 18.3. The molecule has 7 heteroatoms. The Balaban J connectivity index is 1.33. The van der Waals surface area contributed by atoms with Crippen LogP contribution >= 0.6 is 11.6 Å². The third-order valence-electron chi connectivity index (χ3n) is 5.72. The zero-order valence-corrected chi connectivity index (χ0v) is 19.9. The molecule has 4 rings (SSSR count). The molecule has 1 unspecified atom stereocenters. The molecule has 1 fully saturated rings. The van der Waals surface area contributed by atoms with Crippen molar-refractivity contribution in [3.63, 3.8) is 0 Å². The number of hydrogen-bond acceptors (Lipinski definition) is 4. The molecular formula is C25H27ClN2O3S. The van der Waals surface area contributed by atoms with E-state index in [9.17, 15) is 9.00 Å². The number of halogens is 1. The molecule has 32 heavy (non-hydrogen) atoms. The Bertz CT molecular complexity index is 1140. The van der Waals surface area contributed by atoms with Gasteiger partial charge in [-0.15, -0.1) is 0 Å². The largest absolute Gasteiger partial charge is 0.455 e. The van der Waals surface area contributed by atoms with E-state index in [-0.39, 0.29) is 11.7 Å². The Labute approximate surface area is 196 Å². The van der Waals surface area contributed by atoms with Crippen molar-refractivity contribution in [2.75, 3.05) is 31.1 Å². The first-order valence-corrected chi connectivity index (χ1v) is 12.6. The minimum atomic E-state index is -1.18. The predicted molar refractivity (Wildman–Crippen MR) is 130 cm³/mol. The minimum Gasteiger partial charge on any atom is -0.455 e. The Kier molecular flexibility index (Phi) is 7.01. The molecule has 2 aromatic carbocycles. The molecule has 168 valence electrons. The van der Waals surface area contributed by atoms with Crippen LogP contribution in [0.1, 0.15) is 33.0 Å². The normalized spacial score (nSPS) is 15.1. The highest BCUT2D eigenvalue weighted by Gasteiger charge is 2.25. The first kappa shape index (κ1) is 22.6. The van der Waals surface area contributed by atoms with Crippen molar-refractivity contribution >= 4 is 34.0 Å². The Morgan fingerprint density at radius 3 is 2.50 bits per heavy atom. The Morgan fingerprint density at radius 2 is 1.75 bits per heavy atom. The van der Waals surface area contributed by atoms with Crippen LogP contribution in [0.25, 0.3) is 0 Å². The van der Waals surface area contributed by atoms with Crippen LogP contribution in [0.15, 0.2) is 59.0 Å². The lowest BCUT2D eigenvalue weighted by molar-refractivity contribution is 0.0713. The number of furan rings is 1. The number of carbonyl (C=O) groups is 1. The second-order valence-corrected chi connectivity index (χ2v) is 10.0. The molecule has 0 spiro atoms. The maximum Gasteiger partial charge on any atom is 0.289 e. The first-order chi connectivity index (χ1) is 15.4. The second kappa shape index (κ2) is 9.92. The monoisotopic (exact) mass is 470 g/mol. The SMILES string of the molecule is Cc1ccc(C)c(N2CCN(C(=O)c3ccc(CS(=O)Cc4ccccc4Cl)o3)CC2)c1. The maximum absolute atomic E-state index is 12.9. The average Bonchev–Trinajstić information content (AvgIpc) is 3.25. The molecule has 1 aliphatic rings. The van der Waals surface area contributed by atoms with Crippen molar-refractivity contribution in [2.45, 2.75) is 25.4 Å². The van der Waals surface area contributed by atoms with E-state index >= 15 is 0 Å². The van der Waals surface area contributed by atoms with Gasteiger partial charge in [0.25, 0.3) is 5.91 Å². The van der Waals surface area contributed by atoms with E-state index in [0.29, 0.717) is 35.4 Å². The highest BCUT2D eigenvalue weighted by Crippen LogP contribution is 2.24. The summed E-state index contributed by atoms with van der Waals surface area (Å²) >= 11 is 6.16. The fourth-order valence-electron chi connectivity index (χ4n) is 3.94. The number of piperazine rings is 1. The number of hydrogen-bond donors (Lipinski definition) is 0. The van der Waals surface area contributed by atoms with E-state index in [0.717, 1.165) is 18.7 Å². The van der Waals surface area contributed by atoms with Gasteiger partial charge in [-0.2, -0.15) is 0 Å². The lowest BCUT2D eigenvalue weighted by Gasteiger charge is -2.36. The maximum atomic E-state index is 12.9. The van der Waals surface area contributed by atoms with E-state index in [2.05, 4.69) is 36.9 Å². The molecule has 5 nitrogen and oxygen atoms in total. The van der Waals surface area contributed by atoms with Crippen LogP contribution < -0.4 is 4.90 Å². The van der Waals surface area contributed by atoms with Crippen LogP contribution in [0, 0.1) is 13.8 Å². The molecule has 1 atom stereocenters. The van der Waals surface area contributed by atoms with Crippen LogP contribution in [0.3, 0.4) is 0 Å². The predicted octanol–water partition coefficient (Wildman–Crippen LogP) is 4.96. The summed E-state index contributed by atoms with van der Waals surface area (Å²) in [7, 11) is -1.18. The molecule has 0 saturated carbocycles. The van der Waals surface area contributed by atoms with Crippen LogP contribution in [0.4, 0.5) is 5.69 Å². The van der Waals surface area contributed by atoms with E-state index in [1.807, 2.05) is 23.1 Å². The van der Waals surface area contributed by atoms with Gasteiger partial charge in [0.15, 0.2) is 5.76 Å². The van der Waals surface area contributed by atoms with Crippen molar-refractivity contribution in [3.8, 4) is 0 Å². The minimum absolute atomic E-state index is 0.117. The second-order valence-electron chi connectivity index (χ2n) is 8.16. The number of anilines is 1. The van der Waals surface area contributed by atoms with Gasteiger partial charge >= 0.3 is 0 Å². The number of carbonyl (C=O) groups excluding carboxylic acids is 1. The summed E-state index contributed by atoms with van der Waals surface area (Å²) in [6.07, 6.45) is 0. The number of aryl methyl sites for hydroxylation is 2. The number of benzene rings is 2. The standard InChI is InChI=1S/C25H27ClN2O3S/c1-18-7-8-19(2)23(15-18)27-11-13-28(14-12-27)25(29)24-10-9-21(31-24)17-32(30)16-20-5-3-4-6-22(20)26/h3-10,15H,11-14,16-17H2,1-2H3. The van der Waals surface area contributed by atoms with Crippen molar-refractivity contribution in [3.05, 3.63) is 87.8 Å². The lowest BCUT2D eigenvalue weighted by atomic mass is 10.1.